The minimum atomic E-state index is -4.88. The highest BCUT2D eigenvalue weighted by Gasteiger charge is 2.32. The number of hydrogen-bond acceptors (Lipinski definition) is 3. The minimum Gasteiger partial charge on any atom is -0.508 e. The van der Waals surface area contributed by atoms with Crippen molar-refractivity contribution in [2.24, 2.45) is 0 Å². The third kappa shape index (κ3) is 5.14. The third-order valence-corrected chi connectivity index (χ3v) is 3.09. The van der Waals surface area contributed by atoms with Crippen molar-refractivity contribution < 1.29 is 27.4 Å². The molecule has 0 aliphatic carbocycles. The van der Waals surface area contributed by atoms with Crippen LogP contribution in [0.4, 0.5) is 17.6 Å². The molecule has 0 aromatic heterocycles. The summed E-state index contributed by atoms with van der Waals surface area (Å²) in [7, 11) is 1.63. The smallest absolute Gasteiger partial charge is 0.508 e. The van der Waals surface area contributed by atoms with E-state index in [-0.39, 0.29) is 17.9 Å². The first-order chi connectivity index (χ1) is 10.7. The SMILES string of the molecule is CN(Cc1cccc(O)c1)Cc1c(F)cccc1OC(F)(F)F. The fourth-order valence-corrected chi connectivity index (χ4v) is 2.20. The number of phenolic OH excluding ortho intramolecular Hbond substituents is 1. The fourth-order valence-electron chi connectivity index (χ4n) is 2.20. The van der Waals surface area contributed by atoms with Crippen LogP contribution in [0.1, 0.15) is 11.1 Å². The van der Waals surface area contributed by atoms with Crippen LogP contribution in [0, 0.1) is 5.82 Å². The van der Waals surface area contributed by atoms with Crippen molar-refractivity contribution in [2.45, 2.75) is 19.5 Å². The fraction of sp³-hybridized carbons (Fsp3) is 0.250. The topological polar surface area (TPSA) is 32.7 Å². The Bertz CT molecular complexity index is 673. The second kappa shape index (κ2) is 6.87. The Labute approximate surface area is 130 Å². The quantitative estimate of drug-likeness (QED) is 0.840. The van der Waals surface area contributed by atoms with Crippen molar-refractivity contribution in [1.29, 1.82) is 0 Å². The summed E-state index contributed by atoms with van der Waals surface area (Å²) < 4.78 is 54.9. The molecule has 3 nitrogen and oxygen atoms in total. The van der Waals surface area contributed by atoms with Gasteiger partial charge in [0.1, 0.15) is 17.3 Å². The maximum atomic E-state index is 13.9. The number of aromatic hydroxyl groups is 1. The zero-order valence-electron chi connectivity index (χ0n) is 12.3. The Morgan fingerprint density at radius 3 is 2.43 bits per heavy atom. The van der Waals surface area contributed by atoms with E-state index in [4.69, 9.17) is 0 Å². The molecule has 2 aromatic carbocycles. The molecule has 0 radical (unpaired) electrons. The molecule has 7 heteroatoms. The maximum Gasteiger partial charge on any atom is 0.573 e. The maximum absolute atomic E-state index is 13.9. The summed E-state index contributed by atoms with van der Waals surface area (Å²) in [6.07, 6.45) is -4.88. The molecule has 0 aliphatic heterocycles. The molecule has 0 atom stereocenters. The van der Waals surface area contributed by atoms with E-state index in [9.17, 15) is 22.7 Å². The van der Waals surface area contributed by atoms with Gasteiger partial charge in [-0.3, -0.25) is 4.90 Å². The number of ether oxygens (including phenoxy) is 1. The molecule has 1 N–H and O–H groups in total. The molecule has 23 heavy (non-hydrogen) atoms. The van der Waals surface area contributed by atoms with Gasteiger partial charge in [0.2, 0.25) is 0 Å². The minimum absolute atomic E-state index is 0.0757. The molecule has 2 rings (SSSR count). The average molecular weight is 329 g/mol. The largest absolute Gasteiger partial charge is 0.573 e. The van der Waals surface area contributed by atoms with Crippen LogP contribution >= 0.6 is 0 Å². The lowest BCUT2D eigenvalue weighted by atomic mass is 10.1. The summed E-state index contributed by atoms with van der Waals surface area (Å²) in [4.78, 5) is 1.62. The number of benzene rings is 2. The molecule has 2 aromatic rings. The van der Waals surface area contributed by atoms with E-state index in [0.29, 0.717) is 6.54 Å². The Hall–Kier alpha value is -2.28. The first-order valence-corrected chi connectivity index (χ1v) is 6.74. The van der Waals surface area contributed by atoms with Crippen molar-refractivity contribution in [3.8, 4) is 11.5 Å². The molecule has 124 valence electrons. The van der Waals surface area contributed by atoms with Gasteiger partial charge in [0.15, 0.2) is 0 Å². The van der Waals surface area contributed by atoms with Gasteiger partial charge in [-0.05, 0) is 36.9 Å². The lowest BCUT2D eigenvalue weighted by Gasteiger charge is -2.20. The second-order valence-electron chi connectivity index (χ2n) is 5.11. The lowest BCUT2D eigenvalue weighted by Crippen LogP contribution is -2.22. The highest BCUT2D eigenvalue weighted by atomic mass is 19.4. The van der Waals surface area contributed by atoms with Crippen LogP contribution in [0.5, 0.6) is 11.5 Å². The summed E-state index contributed by atoms with van der Waals surface area (Å²) in [6, 6.07) is 9.77. The number of rotatable bonds is 5. The van der Waals surface area contributed by atoms with Crippen LogP contribution in [0.3, 0.4) is 0 Å². The van der Waals surface area contributed by atoms with Gasteiger partial charge in [-0.15, -0.1) is 13.2 Å². The Balaban J connectivity index is 2.15. The normalized spacial score (nSPS) is 11.7. The molecule has 0 amide bonds. The van der Waals surface area contributed by atoms with E-state index in [2.05, 4.69) is 4.74 Å². The first-order valence-electron chi connectivity index (χ1n) is 6.74. The number of nitrogens with zero attached hydrogens (tertiary/aromatic N) is 1. The van der Waals surface area contributed by atoms with E-state index < -0.39 is 17.9 Å². The van der Waals surface area contributed by atoms with Gasteiger partial charge in [0.05, 0.1) is 0 Å². The summed E-state index contributed by atoms with van der Waals surface area (Å²) in [6.45, 7) is 0.252. The zero-order chi connectivity index (χ0) is 17.0. The van der Waals surface area contributed by atoms with Crippen LogP contribution < -0.4 is 4.74 Å². The first kappa shape index (κ1) is 17.1. The monoisotopic (exact) mass is 329 g/mol. The van der Waals surface area contributed by atoms with E-state index in [0.717, 1.165) is 23.8 Å². The summed E-state index contributed by atoms with van der Waals surface area (Å²) in [5, 5.41) is 9.41. The van der Waals surface area contributed by atoms with Gasteiger partial charge in [-0.1, -0.05) is 18.2 Å². The molecule has 0 bridgehead atoms. The van der Waals surface area contributed by atoms with Crippen LogP contribution in [-0.2, 0) is 13.1 Å². The van der Waals surface area contributed by atoms with Gasteiger partial charge in [-0.25, -0.2) is 4.39 Å². The predicted octanol–water partition coefficient (Wildman–Crippen LogP) is 4.06. The molecular weight excluding hydrogens is 314 g/mol. The van der Waals surface area contributed by atoms with Crippen LogP contribution in [0.2, 0.25) is 0 Å². The van der Waals surface area contributed by atoms with Gasteiger partial charge in [0.25, 0.3) is 0 Å². The molecule has 0 spiro atoms. The van der Waals surface area contributed by atoms with Crippen LogP contribution in [0.25, 0.3) is 0 Å². The molecular formula is C16H15F4NO2. The predicted molar refractivity (Wildman–Crippen MR) is 76.4 cm³/mol. The van der Waals surface area contributed by atoms with E-state index in [1.165, 1.54) is 12.1 Å². The molecule has 0 saturated heterocycles. The number of hydrogen-bond donors (Lipinski definition) is 1. The summed E-state index contributed by atoms with van der Waals surface area (Å²) >= 11 is 0. The van der Waals surface area contributed by atoms with Crippen molar-refractivity contribution in [3.63, 3.8) is 0 Å². The Morgan fingerprint density at radius 2 is 1.78 bits per heavy atom. The Morgan fingerprint density at radius 1 is 1.09 bits per heavy atom. The van der Waals surface area contributed by atoms with Crippen molar-refractivity contribution in [1.82, 2.24) is 4.90 Å². The molecule has 0 aliphatic rings. The van der Waals surface area contributed by atoms with Gasteiger partial charge in [-0.2, -0.15) is 0 Å². The molecule has 0 saturated carbocycles. The number of phenols is 1. The average Bonchev–Trinajstić information content (AvgIpc) is 2.41. The number of alkyl halides is 3. The van der Waals surface area contributed by atoms with Crippen LogP contribution in [0.15, 0.2) is 42.5 Å². The summed E-state index contributed by atoms with van der Waals surface area (Å²) in [5.41, 5.74) is 0.578. The van der Waals surface area contributed by atoms with Gasteiger partial charge < -0.3 is 9.84 Å². The molecule has 0 heterocycles. The van der Waals surface area contributed by atoms with E-state index >= 15 is 0 Å². The van der Waals surface area contributed by atoms with E-state index in [1.807, 2.05) is 0 Å². The molecule has 0 unspecified atom stereocenters. The highest BCUT2D eigenvalue weighted by molar-refractivity contribution is 5.35. The third-order valence-electron chi connectivity index (χ3n) is 3.09. The van der Waals surface area contributed by atoms with E-state index in [1.54, 1.807) is 24.1 Å². The zero-order valence-corrected chi connectivity index (χ0v) is 12.3. The summed E-state index contributed by atoms with van der Waals surface area (Å²) in [5.74, 6) is -1.24. The Kier molecular flexibility index (Phi) is 5.10. The van der Waals surface area contributed by atoms with Crippen molar-refractivity contribution >= 4 is 0 Å². The van der Waals surface area contributed by atoms with Crippen molar-refractivity contribution in [3.05, 3.63) is 59.4 Å². The standard InChI is InChI=1S/C16H15F4NO2/c1-21(9-11-4-2-5-12(22)8-11)10-13-14(17)6-3-7-15(13)23-16(18,19)20/h2-8,22H,9-10H2,1H3. The van der Waals surface area contributed by atoms with Gasteiger partial charge >= 0.3 is 6.36 Å². The van der Waals surface area contributed by atoms with Crippen molar-refractivity contribution in [2.75, 3.05) is 7.05 Å². The lowest BCUT2D eigenvalue weighted by molar-refractivity contribution is -0.275. The molecule has 0 fully saturated rings. The van der Waals surface area contributed by atoms with Crippen LogP contribution in [-0.4, -0.2) is 23.4 Å². The number of halogens is 4. The van der Waals surface area contributed by atoms with Gasteiger partial charge in [0, 0.05) is 18.7 Å². The highest BCUT2D eigenvalue weighted by Crippen LogP contribution is 2.29. The second-order valence-corrected chi connectivity index (χ2v) is 5.11.